The van der Waals surface area contributed by atoms with E-state index in [4.69, 9.17) is 0 Å². The highest BCUT2D eigenvalue weighted by Crippen LogP contribution is 2.44. The molecule has 3 aromatic rings. The molecule has 1 heterocycles. The predicted molar refractivity (Wildman–Crippen MR) is 113 cm³/mol. The molecule has 0 amide bonds. The average Bonchev–Trinajstić information content (AvgIpc) is 3.25. The fourth-order valence-corrected chi connectivity index (χ4v) is 6.03. The molecule has 0 spiro atoms. The van der Waals surface area contributed by atoms with E-state index in [-0.39, 0.29) is 0 Å². The quantitative estimate of drug-likeness (QED) is 0.417. The lowest BCUT2D eigenvalue weighted by molar-refractivity contribution is 1.11. The van der Waals surface area contributed by atoms with Gasteiger partial charge in [0.25, 0.3) is 0 Å². The minimum Gasteiger partial charge on any atom is -0.128 e. The average molecular weight is 407 g/mol. The van der Waals surface area contributed by atoms with Crippen LogP contribution in [0, 0.1) is 6.92 Å². The molecule has 2 heteroatoms. The van der Waals surface area contributed by atoms with Crippen molar-refractivity contribution in [3.63, 3.8) is 0 Å². The number of thiophene rings is 1. The van der Waals surface area contributed by atoms with Gasteiger partial charge in [-0.2, -0.15) is 0 Å². The van der Waals surface area contributed by atoms with Gasteiger partial charge in [0.15, 0.2) is 0 Å². The first-order chi connectivity index (χ1) is 12.1. The van der Waals surface area contributed by atoms with E-state index in [9.17, 15) is 0 Å². The molecule has 124 valence electrons. The van der Waals surface area contributed by atoms with E-state index in [1.54, 1.807) is 22.3 Å². The number of fused-ring (bicyclic) bond motifs is 3. The molecule has 0 atom stereocenters. The summed E-state index contributed by atoms with van der Waals surface area (Å²) in [6.45, 7) is 4.61. The van der Waals surface area contributed by atoms with Gasteiger partial charge in [0, 0.05) is 4.70 Å². The van der Waals surface area contributed by atoms with Crippen LogP contribution in [0.25, 0.3) is 21.7 Å². The van der Waals surface area contributed by atoms with Gasteiger partial charge in [0.2, 0.25) is 0 Å². The van der Waals surface area contributed by atoms with Crippen molar-refractivity contribution in [3.05, 3.63) is 79.1 Å². The Morgan fingerprint density at radius 1 is 1.08 bits per heavy atom. The summed E-state index contributed by atoms with van der Waals surface area (Å²) in [4.78, 5) is 0. The van der Waals surface area contributed by atoms with Gasteiger partial charge in [-0.05, 0) is 99.9 Å². The number of halogens is 1. The van der Waals surface area contributed by atoms with Crippen LogP contribution in [0.1, 0.15) is 41.2 Å². The maximum Gasteiger partial charge on any atom is 0.0711 e. The Hall–Kier alpha value is -1.64. The minimum absolute atomic E-state index is 1.09. The van der Waals surface area contributed by atoms with Gasteiger partial charge < -0.3 is 0 Å². The van der Waals surface area contributed by atoms with E-state index in [0.717, 1.165) is 19.3 Å². The lowest BCUT2D eigenvalue weighted by Crippen LogP contribution is -1.92. The predicted octanol–water partition coefficient (Wildman–Crippen LogP) is 7.33. The van der Waals surface area contributed by atoms with E-state index in [1.807, 2.05) is 11.3 Å². The Morgan fingerprint density at radius 3 is 2.76 bits per heavy atom. The first-order valence-corrected chi connectivity index (χ1v) is 10.4. The van der Waals surface area contributed by atoms with Crippen molar-refractivity contribution >= 4 is 49.0 Å². The molecule has 5 rings (SSSR count). The lowest BCUT2D eigenvalue weighted by atomic mass is 9.94. The van der Waals surface area contributed by atoms with Gasteiger partial charge in [0.05, 0.1) is 3.79 Å². The molecule has 0 bridgehead atoms. The fourth-order valence-electron chi connectivity index (χ4n) is 4.39. The van der Waals surface area contributed by atoms with Crippen LogP contribution >= 0.6 is 27.3 Å². The van der Waals surface area contributed by atoms with Crippen molar-refractivity contribution in [1.29, 1.82) is 0 Å². The van der Waals surface area contributed by atoms with Crippen LogP contribution in [-0.4, -0.2) is 0 Å². The Morgan fingerprint density at radius 2 is 1.92 bits per heavy atom. The van der Waals surface area contributed by atoms with Gasteiger partial charge >= 0.3 is 0 Å². The number of benzene rings is 2. The molecule has 1 aromatic heterocycles. The first-order valence-electron chi connectivity index (χ1n) is 8.78. The van der Waals surface area contributed by atoms with E-state index in [0.29, 0.717) is 0 Å². The summed E-state index contributed by atoms with van der Waals surface area (Å²) in [6, 6.07) is 13.5. The van der Waals surface area contributed by atoms with Crippen LogP contribution in [0.3, 0.4) is 0 Å². The molecule has 2 aliphatic rings. The summed E-state index contributed by atoms with van der Waals surface area (Å²) in [7, 11) is 0. The Kier molecular flexibility index (Phi) is 3.55. The normalized spacial score (nSPS) is 15.7. The van der Waals surface area contributed by atoms with Gasteiger partial charge in [-0.15, -0.1) is 11.3 Å². The molecule has 0 radical (unpaired) electrons. The minimum atomic E-state index is 1.09. The summed E-state index contributed by atoms with van der Waals surface area (Å²) < 4.78 is 2.63. The smallest absolute Gasteiger partial charge is 0.0711 e. The molecule has 0 N–H and O–H groups in total. The van der Waals surface area contributed by atoms with Crippen LogP contribution in [0.2, 0.25) is 0 Å². The van der Waals surface area contributed by atoms with E-state index in [2.05, 4.69) is 72.3 Å². The zero-order valence-corrected chi connectivity index (χ0v) is 16.9. The number of hydrogen-bond donors (Lipinski definition) is 0. The van der Waals surface area contributed by atoms with Gasteiger partial charge in [-0.25, -0.2) is 0 Å². The number of hydrogen-bond acceptors (Lipinski definition) is 1. The number of rotatable bonds is 2. The second-order valence-corrected chi connectivity index (χ2v) is 9.74. The summed E-state index contributed by atoms with van der Waals surface area (Å²) in [5.41, 5.74) is 12.0. The number of allylic oxidation sites excluding steroid dienone is 3. The molecule has 0 aliphatic heterocycles. The molecular formula is C23H19BrS. The van der Waals surface area contributed by atoms with Crippen molar-refractivity contribution < 1.29 is 0 Å². The monoisotopic (exact) mass is 406 g/mol. The molecule has 0 saturated heterocycles. The standard InChI is InChI=1S/C23H19BrS/c1-13-7-19-14(2)20-12-23(24)25-22(20)11-21(19)18(13)10-15-8-16-5-3-4-6-17(16)9-15/h3-6,8,11-12H,7,9-10H2,1-2H3. The molecule has 0 saturated carbocycles. The summed E-state index contributed by atoms with van der Waals surface area (Å²) in [5, 5.41) is 1.41. The van der Waals surface area contributed by atoms with Crippen LogP contribution < -0.4 is 0 Å². The van der Waals surface area contributed by atoms with Crippen LogP contribution in [-0.2, 0) is 12.8 Å². The largest absolute Gasteiger partial charge is 0.128 e. The summed E-state index contributed by atoms with van der Waals surface area (Å²) >= 11 is 5.51. The van der Waals surface area contributed by atoms with Crippen LogP contribution in [0.4, 0.5) is 0 Å². The lowest BCUT2D eigenvalue weighted by Gasteiger charge is -2.10. The van der Waals surface area contributed by atoms with E-state index in [1.165, 1.54) is 36.1 Å². The van der Waals surface area contributed by atoms with Crippen molar-refractivity contribution in [1.82, 2.24) is 0 Å². The molecule has 2 aliphatic carbocycles. The highest BCUT2D eigenvalue weighted by atomic mass is 79.9. The Balaban J connectivity index is 1.55. The van der Waals surface area contributed by atoms with Crippen LogP contribution in [0.5, 0.6) is 0 Å². The van der Waals surface area contributed by atoms with Crippen molar-refractivity contribution in [2.75, 3.05) is 0 Å². The van der Waals surface area contributed by atoms with E-state index < -0.39 is 0 Å². The van der Waals surface area contributed by atoms with E-state index >= 15 is 0 Å². The van der Waals surface area contributed by atoms with Crippen molar-refractivity contribution in [2.24, 2.45) is 0 Å². The van der Waals surface area contributed by atoms with Gasteiger partial charge in [-0.1, -0.05) is 41.5 Å². The third-order valence-corrected chi connectivity index (χ3v) is 7.29. The maximum atomic E-state index is 3.66. The Bertz CT molecular complexity index is 1090. The second kappa shape index (κ2) is 5.69. The zero-order chi connectivity index (χ0) is 17.1. The maximum absolute atomic E-state index is 3.66. The molecule has 25 heavy (non-hydrogen) atoms. The molecule has 2 aromatic carbocycles. The molecule has 0 unspecified atom stereocenters. The fraction of sp³-hybridized carbons (Fsp3) is 0.217. The Labute approximate surface area is 161 Å². The molecule has 0 fully saturated rings. The van der Waals surface area contributed by atoms with Crippen molar-refractivity contribution in [2.45, 2.75) is 33.1 Å². The third-order valence-electron chi connectivity index (χ3n) is 5.71. The highest BCUT2D eigenvalue weighted by molar-refractivity contribution is 9.11. The topological polar surface area (TPSA) is 0 Å². The highest BCUT2D eigenvalue weighted by Gasteiger charge is 2.24. The zero-order valence-electron chi connectivity index (χ0n) is 14.4. The molecule has 0 nitrogen and oxygen atoms in total. The SMILES string of the molecule is CC1=C(CC2=Cc3ccccc3C2)c2cc3sc(Br)cc3c(C)c2C1. The summed E-state index contributed by atoms with van der Waals surface area (Å²) in [6.07, 6.45) is 5.71. The third kappa shape index (κ3) is 2.46. The summed E-state index contributed by atoms with van der Waals surface area (Å²) in [5.74, 6) is 0. The van der Waals surface area contributed by atoms with Gasteiger partial charge in [0.1, 0.15) is 0 Å². The van der Waals surface area contributed by atoms with Gasteiger partial charge in [-0.3, -0.25) is 0 Å². The second-order valence-electron chi connectivity index (χ2n) is 7.28. The molecular weight excluding hydrogens is 388 g/mol. The number of aryl methyl sites for hydroxylation is 1. The first kappa shape index (κ1) is 15.6. The van der Waals surface area contributed by atoms with Crippen molar-refractivity contribution in [3.8, 4) is 0 Å². The van der Waals surface area contributed by atoms with Crippen LogP contribution in [0.15, 0.2) is 51.3 Å².